The number of fused-ring (bicyclic) bond motifs is 1. The molecule has 0 aliphatic heterocycles. The van der Waals surface area contributed by atoms with E-state index in [0.29, 0.717) is 11.3 Å². The van der Waals surface area contributed by atoms with Gasteiger partial charge < -0.3 is 4.74 Å². The van der Waals surface area contributed by atoms with Crippen LogP contribution in [0.3, 0.4) is 0 Å². The molecule has 3 rings (SSSR count). The second-order valence-electron chi connectivity index (χ2n) is 4.08. The molecule has 0 saturated carbocycles. The van der Waals surface area contributed by atoms with Gasteiger partial charge in [-0.05, 0) is 24.3 Å². The van der Waals surface area contributed by atoms with E-state index in [4.69, 9.17) is 27.9 Å². The number of halogens is 3. The molecule has 0 amide bonds. The monoisotopic (exact) mass is 310 g/mol. The van der Waals surface area contributed by atoms with Crippen LogP contribution in [0.5, 0.6) is 11.6 Å². The third-order valence-corrected chi connectivity index (χ3v) is 3.39. The van der Waals surface area contributed by atoms with Crippen LogP contribution in [0.4, 0.5) is 4.39 Å². The van der Waals surface area contributed by atoms with E-state index in [9.17, 15) is 4.39 Å². The Kier molecular flexibility index (Phi) is 3.51. The van der Waals surface area contributed by atoms with Gasteiger partial charge in [-0.15, -0.1) is 11.6 Å². The summed E-state index contributed by atoms with van der Waals surface area (Å²) in [5.41, 5.74) is 1.34. The summed E-state index contributed by atoms with van der Waals surface area (Å²) in [6.07, 6.45) is 1.82. The highest BCUT2D eigenvalue weighted by atomic mass is 35.5. The quantitative estimate of drug-likeness (QED) is 0.658. The van der Waals surface area contributed by atoms with Gasteiger partial charge in [-0.1, -0.05) is 23.7 Å². The molecule has 0 fully saturated rings. The molecule has 0 atom stereocenters. The van der Waals surface area contributed by atoms with E-state index in [1.54, 1.807) is 10.5 Å². The Balaban J connectivity index is 2.08. The number of ether oxygens (including phenoxy) is 1. The zero-order chi connectivity index (χ0) is 14.1. The van der Waals surface area contributed by atoms with Crippen molar-refractivity contribution < 1.29 is 9.13 Å². The standard InChI is InChI=1S/C14H9Cl2FN2O/c15-8-10-14(18-12-6-1-2-7-19(10)12)20-11-5-3-4-9(16)13(11)17/h1-7H,8H2. The zero-order valence-corrected chi connectivity index (χ0v) is 11.7. The highest BCUT2D eigenvalue weighted by molar-refractivity contribution is 6.30. The Morgan fingerprint density at radius 3 is 2.85 bits per heavy atom. The van der Waals surface area contributed by atoms with Crippen molar-refractivity contribution in [1.82, 2.24) is 9.38 Å². The third-order valence-electron chi connectivity index (χ3n) is 2.84. The highest BCUT2D eigenvalue weighted by Gasteiger charge is 2.16. The van der Waals surface area contributed by atoms with Crippen LogP contribution in [0.1, 0.15) is 5.69 Å². The number of pyridine rings is 1. The lowest BCUT2D eigenvalue weighted by atomic mass is 10.3. The molecule has 0 aliphatic rings. The SMILES string of the molecule is Fc1c(Cl)cccc1Oc1nc2ccccn2c1CCl. The van der Waals surface area contributed by atoms with Crippen molar-refractivity contribution in [2.75, 3.05) is 0 Å². The lowest BCUT2D eigenvalue weighted by Crippen LogP contribution is -1.94. The van der Waals surface area contributed by atoms with Gasteiger partial charge in [0.1, 0.15) is 11.3 Å². The van der Waals surface area contributed by atoms with Gasteiger partial charge in [-0.3, -0.25) is 4.40 Å². The van der Waals surface area contributed by atoms with Crippen molar-refractivity contribution in [2.45, 2.75) is 5.88 Å². The Labute approximate surface area is 124 Å². The van der Waals surface area contributed by atoms with Gasteiger partial charge in [0.15, 0.2) is 11.6 Å². The van der Waals surface area contributed by atoms with Gasteiger partial charge in [0.25, 0.3) is 0 Å². The van der Waals surface area contributed by atoms with Crippen LogP contribution < -0.4 is 4.74 Å². The van der Waals surface area contributed by atoms with E-state index in [2.05, 4.69) is 4.98 Å². The highest BCUT2D eigenvalue weighted by Crippen LogP contribution is 2.31. The fraction of sp³-hybridized carbons (Fsp3) is 0.0714. The van der Waals surface area contributed by atoms with Crippen LogP contribution in [0.15, 0.2) is 42.6 Å². The van der Waals surface area contributed by atoms with Crippen LogP contribution in [0.25, 0.3) is 5.65 Å². The van der Waals surface area contributed by atoms with Gasteiger partial charge in [0.05, 0.1) is 10.9 Å². The first kappa shape index (κ1) is 13.2. The zero-order valence-electron chi connectivity index (χ0n) is 10.2. The number of imidazole rings is 1. The van der Waals surface area contributed by atoms with Crippen LogP contribution >= 0.6 is 23.2 Å². The van der Waals surface area contributed by atoms with E-state index < -0.39 is 5.82 Å². The molecule has 3 aromatic rings. The second-order valence-corrected chi connectivity index (χ2v) is 4.75. The summed E-state index contributed by atoms with van der Waals surface area (Å²) in [5.74, 6) is -0.130. The van der Waals surface area contributed by atoms with Gasteiger partial charge in [-0.25, -0.2) is 4.39 Å². The van der Waals surface area contributed by atoms with Crippen molar-refractivity contribution in [3.63, 3.8) is 0 Å². The lowest BCUT2D eigenvalue weighted by molar-refractivity contribution is 0.426. The molecule has 6 heteroatoms. The molecule has 102 valence electrons. The summed E-state index contributed by atoms with van der Waals surface area (Å²) in [7, 11) is 0. The number of rotatable bonds is 3. The summed E-state index contributed by atoms with van der Waals surface area (Å²) in [6, 6.07) is 10.1. The molecular formula is C14H9Cl2FN2O. The second kappa shape index (κ2) is 5.31. The fourth-order valence-electron chi connectivity index (χ4n) is 1.90. The molecule has 1 aromatic carbocycles. The lowest BCUT2D eigenvalue weighted by Gasteiger charge is -2.06. The van der Waals surface area contributed by atoms with Crippen molar-refractivity contribution in [1.29, 1.82) is 0 Å². The molecule has 0 spiro atoms. The van der Waals surface area contributed by atoms with Crippen molar-refractivity contribution >= 4 is 28.8 Å². The van der Waals surface area contributed by atoms with Gasteiger partial charge >= 0.3 is 0 Å². The van der Waals surface area contributed by atoms with Gasteiger partial charge in [-0.2, -0.15) is 4.98 Å². The summed E-state index contributed by atoms with van der Waals surface area (Å²) < 4.78 is 21.2. The van der Waals surface area contributed by atoms with E-state index in [1.807, 2.05) is 24.4 Å². The molecule has 0 bridgehead atoms. The first-order chi connectivity index (χ1) is 9.70. The predicted molar refractivity (Wildman–Crippen MR) is 76.2 cm³/mol. The Morgan fingerprint density at radius 2 is 2.05 bits per heavy atom. The molecule has 0 radical (unpaired) electrons. The number of alkyl halides is 1. The number of hydrogen-bond donors (Lipinski definition) is 0. The minimum Gasteiger partial charge on any atom is -0.434 e. The Bertz CT molecular complexity index is 773. The minimum atomic E-state index is -0.619. The Hall–Kier alpha value is -1.78. The van der Waals surface area contributed by atoms with E-state index >= 15 is 0 Å². The molecule has 20 heavy (non-hydrogen) atoms. The largest absolute Gasteiger partial charge is 0.434 e. The fourth-order valence-corrected chi connectivity index (χ4v) is 2.30. The van der Waals surface area contributed by atoms with Crippen LogP contribution in [-0.4, -0.2) is 9.38 Å². The van der Waals surface area contributed by atoms with Crippen molar-refractivity contribution in [3.8, 4) is 11.6 Å². The maximum atomic E-state index is 13.9. The molecule has 0 unspecified atom stereocenters. The smallest absolute Gasteiger partial charge is 0.242 e. The summed E-state index contributed by atoms with van der Waals surface area (Å²) in [4.78, 5) is 4.30. The molecule has 2 heterocycles. The molecule has 2 aromatic heterocycles. The summed E-state index contributed by atoms with van der Waals surface area (Å²) in [6.45, 7) is 0. The minimum absolute atomic E-state index is 0.00122. The molecular weight excluding hydrogens is 302 g/mol. The topological polar surface area (TPSA) is 26.5 Å². The maximum Gasteiger partial charge on any atom is 0.242 e. The molecule has 0 aliphatic carbocycles. The van der Waals surface area contributed by atoms with Gasteiger partial charge in [0.2, 0.25) is 5.88 Å². The molecule has 0 N–H and O–H groups in total. The molecule has 3 nitrogen and oxygen atoms in total. The predicted octanol–water partition coefficient (Wildman–Crippen LogP) is 4.66. The van der Waals surface area contributed by atoms with Crippen molar-refractivity contribution in [2.24, 2.45) is 0 Å². The van der Waals surface area contributed by atoms with Gasteiger partial charge in [0, 0.05) is 6.20 Å². The first-order valence-electron chi connectivity index (χ1n) is 5.84. The van der Waals surface area contributed by atoms with E-state index in [-0.39, 0.29) is 22.5 Å². The van der Waals surface area contributed by atoms with Crippen LogP contribution in [0, 0.1) is 5.82 Å². The van der Waals surface area contributed by atoms with Crippen LogP contribution in [0.2, 0.25) is 5.02 Å². The Morgan fingerprint density at radius 1 is 1.20 bits per heavy atom. The van der Waals surface area contributed by atoms with Crippen molar-refractivity contribution in [3.05, 3.63) is 59.1 Å². The van der Waals surface area contributed by atoms with Crippen LogP contribution in [-0.2, 0) is 5.88 Å². The number of benzene rings is 1. The normalized spacial score (nSPS) is 10.9. The van der Waals surface area contributed by atoms with E-state index in [0.717, 1.165) is 0 Å². The first-order valence-corrected chi connectivity index (χ1v) is 6.75. The third kappa shape index (κ3) is 2.21. The number of aromatic nitrogens is 2. The number of hydrogen-bond acceptors (Lipinski definition) is 2. The summed E-state index contributed by atoms with van der Waals surface area (Å²) >= 11 is 11.7. The average molecular weight is 311 g/mol. The maximum absolute atomic E-state index is 13.9. The van der Waals surface area contributed by atoms with E-state index in [1.165, 1.54) is 12.1 Å². The number of nitrogens with zero attached hydrogens (tertiary/aromatic N) is 2. The summed E-state index contributed by atoms with van der Waals surface area (Å²) in [5, 5.41) is -0.00122. The average Bonchev–Trinajstić information content (AvgIpc) is 2.81. The molecule has 0 saturated heterocycles.